The van der Waals surface area contributed by atoms with Crippen molar-refractivity contribution < 1.29 is 9.90 Å². The third kappa shape index (κ3) is 4.26. The average molecular weight is 434 g/mol. The van der Waals surface area contributed by atoms with Gasteiger partial charge in [0.05, 0.1) is 17.6 Å². The summed E-state index contributed by atoms with van der Waals surface area (Å²) in [5, 5.41) is 12.7. The first-order valence-corrected chi connectivity index (χ1v) is 11.5. The average Bonchev–Trinajstić information content (AvgIpc) is 3.03. The first-order chi connectivity index (χ1) is 14.8. The highest BCUT2D eigenvalue weighted by molar-refractivity contribution is 7.98. The molecule has 0 aliphatic carbocycles. The number of benzene rings is 2. The molecular weight excluding hydrogens is 406 g/mol. The van der Waals surface area contributed by atoms with Crippen LogP contribution in [0.5, 0.6) is 5.75 Å². The second kappa shape index (κ2) is 8.27. The molecule has 1 aromatic heterocycles. The van der Waals surface area contributed by atoms with Gasteiger partial charge in [-0.1, -0.05) is 26.0 Å². The summed E-state index contributed by atoms with van der Waals surface area (Å²) >= 11 is 1.70. The number of fused-ring (bicyclic) bond motifs is 1. The summed E-state index contributed by atoms with van der Waals surface area (Å²) in [5.41, 5.74) is 5.62. The summed E-state index contributed by atoms with van der Waals surface area (Å²) in [7, 11) is 0. The lowest BCUT2D eigenvalue weighted by Crippen LogP contribution is -2.41. The molecule has 0 unspecified atom stereocenters. The van der Waals surface area contributed by atoms with Crippen molar-refractivity contribution in [3.63, 3.8) is 0 Å². The highest BCUT2D eigenvalue weighted by atomic mass is 32.2. The Kier molecular flexibility index (Phi) is 5.67. The molecule has 160 valence electrons. The van der Waals surface area contributed by atoms with E-state index in [0.29, 0.717) is 13.1 Å². The number of phenolic OH excluding ortho intramolecular Hbond substituents is 1. The van der Waals surface area contributed by atoms with Gasteiger partial charge in [-0.15, -0.1) is 11.8 Å². The van der Waals surface area contributed by atoms with Gasteiger partial charge in [0.1, 0.15) is 5.75 Å². The highest BCUT2D eigenvalue weighted by Crippen LogP contribution is 2.42. The van der Waals surface area contributed by atoms with Crippen molar-refractivity contribution in [3.8, 4) is 17.0 Å². The molecule has 2 heterocycles. The molecule has 0 bridgehead atoms. The number of aromatic hydroxyl groups is 1. The van der Waals surface area contributed by atoms with Gasteiger partial charge in [-0.05, 0) is 66.3 Å². The summed E-state index contributed by atoms with van der Waals surface area (Å²) in [5.74, 6) is 0.244. The molecule has 2 aromatic carbocycles. The predicted octanol–water partition coefficient (Wildman–Crippen LogP) is 5.49. The molecular formula is C25H27N3O2S. The lowest BCUT2D eigenvalue weighted by atomic mass is 9.86. The molecule has 0 radical (unpaired) electrons. The van der Waals surface area contributed by atoms with Crippen LogP contribution in [0.15, 0.2) is 59.6 Å². The van der Waals surface area contributed by atoms with Crippen LogP contribution in [-0.2, 0) is 12.0 Å². The Hall–Kier alpha value is -2.99. The largest absolute Gasteiger partial charge is 0.508 e. The number of hydrogen-bond donors (Lipinski definition) is 2. The summed E-state index contributed by atoms with van der Waals surface area (Å²) in [4.78, 5) is 20.6. The topological polar surface area (TPSA) is 65.5 Å². The van der Waals surface area contributed by atoms with Crippen LogP contribution in [0.2, 0.25) is 0 Å². The van der Waals surface area contributed by atoms with Crippen LogP contribution in [0.25, 0.3) is 11.3 Å². The monoisotopic (exact) mass is 433 g/mol. The Morgan fingerprint density at radius 1 is 1.19 bits per heavy atom. The van der Waals surface area contributed by atoms with Crippen LogP contribution in [0.1, 0.15) is 30.5 Å². The number of pyridine rings is 1. The Morgan fingerprint density at radius 3 is 2.61 bits per heavy atom. The van der Waals surface area contributed by atoms with Gasteiger partial charge in [0, 0.05) is 29.0 Å². The number of carbonyl (C=O) groups is 1. The van der Waals surface area contributed by atoms with E-state index in [-0.39, 0.29) is 17.2 Å². The van der Waals surface area contributed by atoms with E-state index in [2.05, 4.69) is 42.3 Å². The van der Waals surface area contributed by atoms with Gasteiger partial charge in [-0.25, -0.2) is 4.79 Å². The van der Waals surface area contributed by atoms with E-state index < -0.39 is 0 Å². The third-order valence-electron chi connectivity index (χ3n) is 5.79. The molecule has 1 aliphatic heterocycles. The van der Waals surface area contributed by atoms with Gasteiger partial charge in [-0.2, -0.15) is 0 Å². The zero-order chi connectivity index (χ0) is 22.2. The fraction of sp³-hybridized carbons (Fsp3) is 0.280. The molecule has 0 spiro atoms. The van der Waals surface area contributed by atoms with Gasteiger partial charge < -0.3 is 10.4 Å². The number of carbonyl (C=O) groups excluding carboxylic acids is 1. The van der Waals surface area contributed by atoms with Gasteiger partial charge in [0.2, 0.25) is 0 Å². The number of urea groups is 1. The zero-order valence-corrected chi connectivity index (χ0v) is 19.1. The highest BCUT2D eigenvalue weighted by Gasteiger charge is 2.38. The molecule has 4 rings (SSSR count). The molecule has 0 saturated carbocycles. The van der Waals surface area contributed by atoms with E-state index in [1.54, 1.807) is 35.0 Å². The predicted molar refractivity (Wildman–Crippen MR) is 127 cm³/mol. The second-order valence-electron chi connectivity index (χ2n) is 8.56. The zero-order valence-electron chi connectivity index (χ0n) is 18.3. The van der Waals surface area contributed by atoms with E-state index >= 15 is 0 Å². The van der Waals surface area contributed by atoms with Crippen LogP contribution in [-0.4, -0.2) is 28.9 Å². The Balaban J connectivity index is 1.56. The quantitative estimate of drug-likeness (QED) is 0.534. The van der Waals surface area contributed by atoms with Crippen molar-refractivity contribution >= 4 is 23.5 Å². The minimum absolute atomic E-state index is 0.115. The molecule has 0 fully saturated rings. The molecule has 0 atom stereocenters. The third-order valence-corrected chi connectivity index (χ3v) is 6.53. The van der Waals surface area contributed by atoms with Gasteiger partial charge in [0.25, 0.3) is 0 Å². The standard InChI is InChI=1S/C25H27N3O2S/c1-16-11-18(29)7-10-20(16)22-12-21-23(14-26-22)28(15-25(21,2)3)24(30)27-13-17-5-8-19(31-4)9-6-17/h5-12,14,29H,13,15H2,1-4H3,(H,27,30). The normalized spacial score (nSPS) is 14.4. The second-order valence-corrected chi connectivity index (χ2v) is 9.44. The molecule has 6 heteroatoms. The Bertz CT molecular complexity index is 1130. The number of phenols is 1. The van der Waals surface area contributed by atoms with Gasteiger partial charge in [-0.3, -0.25) is 9.88 Å². The van der Waals surface area contributed by atoms with Crippen molar-refractivity contribution in [1.82, 2.24) is 10.3 Å². The maximum Gasteiger partial charge on any atom is 0.322 e. The number of anilines is 1. The number of nitrogens with zero attached hydrogens (tertiary/aromatic N) is 2. The minimum Gasteiger partial charge on any atom is -0.508 e. The first kappa shape index (κ1) is 21.2. The number of rotatable bonds is 4. The van der Waals surface area contributed by atoms with Gasteiger partial charge in [0.15, 0.2) is 0 Å². The smallest absolute Gasteiger partial charge is 0.322 e. The van der Waals surface area contributed by atoms with E-state index in [0.717, 1.165) is 33.6 Å². The van der Waals surface area contributed by atoms with Gasteiger partial charge >= 0.3 is 6.03 Å². The number of thioether (sulfide) groups is 1. The van der Waals surface area contributed by atoms with Crippen LogP contribution in [0.4, 0.5) is 10.5 Å². The summed E-state index contributed by atoms with van der Waals surface area (Å²) in [6, 6.07) is 15.5. The summed E-state index contributed by atoms with van der Waals surface area (Å²) in [6.07, 6.45) is 3.84. The minimum atomic E-state index is -0.185. The van der Waals surface area contributed by atoms with Crippen LogP contribution >= 0.6 is 11.8 Å². The molecule has 1 aliphatic rings. The Labute approximate surface area is 187 Å². The lowest BCUT2D eigenvalue weighted by molar-refractivity contribution is 0.245. The number of aromatic nitrogens is 1. The van der Waals surface area contributed by atoms with Crippen LogP contribution in [0.3, 0.4) is 0 Å². The van der Waals surface area contributed by atoms with E-state index in [9.17, 15) is 9.90 Å². The van der Waals surface area contributed by atoms with E-state index in [1.165, 1.54) is 4.90 Å². The molecule has 0 saturated heterocycles. The molecule has 5 nitrogen and oxygen atoms in total. The van der Waals surface area contributed by atoms with E-state index in [1.807, 2.05) is 31.4 Å². The molecule has 2 N–H and O–H groups in total. The fourth-order valence-electron chi connectivity index (χ4n) is 4.05. The van der Waals surface area contributed by atoms with Crippen molar-refractivity contribution in [2.24, 2.45) is 0 Å². The van der Waals surface area contributed by atoms with Crippen molar-refractivity contribution in [3.05, 3.63) is 71.4 Å². The Morgan fingerprint density at radius 2 is 1.94 bits per heavy atom. The fourth-order valence-corrected chi connectivity index (χ4v) is 4.46. The molecule has 3 aromatic rings. The molecule has 2 amide bonds. The first-order valence-electron chi connectivity index (χ1n) is 10.3. The number of amides is 2. The van der Waals surface area contributed by atoms with Crippen molar-refractivity contribution in [2.45, 2.75) is 37.6 Å². The lowest BCUT2D eigenvalue weighted by Gasteiger charge is -2.21. The summed E-state index contributed by atoms with van der Waals surface area (Å²) < 4.78 is 0. The molecule has 31 heavy (non-hydrogen) atoms. The number of aryl methyl sites for hydroxylation is 1. The van der Waals surface area contributed by atoms with Crippen LogP contribution < -0.4 is 10.2 Å². The maximum atomic E-state index is 13.0. The number of hydrogen-bond acceptors (Lipinski definition) is 4. The SMILES string of the molecule is CSc1ccc(CNC(=O)N2CC(C)(C)c3cc(-c4ccc(O)cc4C)ncc32)cc1. The summed E-state index contributed by atoms with van der Waals surface area (Å²) in [6.45, 7) is 7.33. The van der Waals surface area contributed by atoms with Crippen molar-refractivity contribution in [2.75, 3.05) is 17.7 Å². The van der Waals surface area contributed by atoms with E-state index in [4.69, 9.17) is 0 Å². The number of nitrogens with one attached hydrogen (secondary N) is 1. The van der Waals surface area contributed by atoms with Crippen molar-refractivity contribution in [1.29, 1.82) is 0 Å². The van der Waals surface area contributed by atoms with Crippen LogP contribution in [0, 0.1) is 6.92 Å². The maximum absolute atomic E-state index is 13.0.